The molecule has 0 radical (unpaired) electrons. The van der Waals surface area contributed by atoms with E-state index in [0.29, 0.717) is 38.1 Å². The third kappa shape index (κ3) is 3.11. The SMILES string of the molecule is CC1CCC(NC(=O)N2CCCC2C(N)=O)(C(=O)O)CC1. The average molecular weight is 297 g/mol. The molecule has 21 heavy (non-hydrogen) atoms. The summed E-state index contributed by atoms with van der Waals surface area (Å²) in [5.74, 6) is -1.07. The molecular weight excluding hydrogens is 274 g/mol. The predicted molar refractivity (Wildman–Crippen MR) is 75.5 cm³/mol. The van der Waals surface area contributed by atoms with Gasteiger partial charge in [0.05, 0.1) is 0 Å². The van der Waals surface area contributed by atoms with Gasteiger partial charge < -0.3 is 21.1 Å². The lowest BCUT2D eigenvalue weighted by molar-refractivity contribution is -0.146. The molecule has 1 heterocycles. The summed E-state index contributed by atoms with van der Waals surface area (Å²) in [6.45, 7) is 2.52. The molecule has 118 valence electrons. The number of nitrogens with two attached hydrogens (primary N) is 1. The van der Waals surface area contributed by atoms with Crippen molar-refractivity contribution in [2.24, 2.45) is 11.7 Å². The zero-order valence-electron chi connectivity index (χ0n) is 12.3. The Morgan fingerprint density at radius 3 is 2.38 bits per heavy atom. The van der Waals surface area contributed by atoms with Gasteiger partial charge in [0.15, 0.2) is 0 Å². The third-order valence-electron chi connectivity index (χ3n) is 4.73. The maximum absolute atomic E-state index is 12.4. The summed E-state index contributed by atoms with van der Waals surface area (Å²) in [5.41, 5.74) is 4.08. The largest absolute Gasteiger partial charge is 0.480 e. The molecule has 3 amide bonds. The lowest BCUT2D eigenvalue weighted by Crippen LogP contribution is -2.60. The molecule has 0 aromatic carbocycles. The van der Waals surface area contributed by atoms with E-state index < -0.39 is 29.5 Å². The van der Waals surface area contributed by atoms with E-state index >= 15 is 0 Å². The van der Waals surface area contributed by atoms with Crippen LogP contribution in [-0.4, -0.2) is 46.0 Å². The van der Waals surface area contributed by atoms with Crippen molar-refractivity contribution in [2.75, 3.05) is 6.54 Å². The first kappa shape index (κ1) is 15.6. The highest BCUT2D eigenvalue weighted by Crippen LogP contribution is 2.32. The summed E-state index contributed by atoms with van der Waals surface area (Å²) in [6, 6.07) is -1.12. The summed E-state index contributed by atoms with van der Waals surface area (Å²) < 4.78 is 0. The number of likely N-dealkylation sites (tertiary alicyclic amines) is 1. The van der Waals surface area contributed by atoms with Crippen LogP contribution in [0.3, 0.4) is 0 Å². The van der Waals surface area contributed by atoms with Crippen LogP contribution in [0, 0.1) is 5.92 Å². The number of carboxylic acids is 1. The molecular formula is C14H23N3O4. The molecule has 1 unspecified atom stereocenters. The Labute approximate surface area is 123 Å². The van der Waals surface area contributed by atoms with Gasteiger partial charge in [0.1, 0.15) is 11.6 Å². The Bertz CT molecular complexity index is 444. The van der Waals surface area contributed by atoms with Gasteiger partial charge in [0, 0.05) is 6.54 Å². The van der Waals surface area contributed by atoms with Crippen LogP contribution in [0.5, 0.6) is 0 Å². The standard InChI is InChI=1S/C14H23N3O4/c1-9-4-6-14(7-5-9,12(19)20)16-13(21)17-8-2-3-10(17)11(15)18/h9-10H,2-8H2,1H3,(H2,15,18)(H,16,21)(H,19,20). The van der Waals surface area contributed by atoms with E-state index in [4.69, 9.17) is 5.73 Å². The van der Waals surface area contributed by atoms with Gasteiger partial charge in [-0.25, -0.2) is 9.59 Å². The van der Waals surface area contributed by atoms with Gasteiger partial charge in [-0.15, -0.1) is 0 Å². The van der Waals surface area contributed by atoms with Crippen molar-refractivity contribution < 1.29 is 19.5 Å². The van der Waals surface area contributed by atoms with Gasteiger partial charge in [0.2, 0.25) is 5.91 Å². The highest BCUT2D eigenvalue weighted by Gasteiger charge is 2.44. The highest BCUT2D eigenvalue weighted by atomic mass is 16.4. The number of nitrogens with one attached hydrogen (secondary N) is 1. The van der Waals surface area contributed by atoms with E-state index in [0.717, 1.165) is 12.8 Å². The summed E-state index contributed by atoms with van der Waals surface area (Å²) in [4.78, 5) is 36.7. The first-order chi connectivity index (χ1) is 9.85. The topological polar surface area (TPSA) is 113 Å². The highest BCUT2D eigenvalue weighted by molar-refractivity contribution is 5.90. The van der Waals surface area contributed by atoms with Crippen molar-refractivity contribution in [1.29, 1.82) is 0 Å². The molecule has 2 aliphatic rings. The Morgan fingerprint density at radius 1 is 1.24 bits per heavy atom. The smallest absolute Gasteiger partial charge is 0.329 e. The fourth-order valence-electron chi connectivity index (χ4n) is 3.23. The number of aliphatic carboxylic acids is 1. The van der Waals surface area contributed by atoms with Crippen molar-refractivity contribution in [1.82, 2.24) is 10.2 Å². The second kappa shape index (κ2) is 5.91. The van der Waals surface area contributed by atoms with Gasteiger partial charge in [-0.1, -0.05) is 6.92 Å². The van der Waals surface area contributed by atoms with Gasteiger partial charge in [-0.2, -0.15) is 0 Å². The molecule has 0 bridgehead atoms. The molecule has 0 aromatic rings. The van der Waals surface area contributed by atoms with Gasteiger partial charge in [-0.05, 0) is 44.4 Å². The fourth-order valence-corrected chi connectivity index (χ4v) is 3.23. The third-order valence-corrected chi connectivity index (χ3v) is 4.73. The Balaban J connectivity index is 2.08. The number of hydrogen-bond donors (Lipinski definition) is 3. The van der Waals surface area contributed by atoms with Crippen LogP contribution >= 0.6 is 0 Å². The van der Waals surface area contributed by atoms with Crippen molar-refractivity contribution in [2.45, 2.75) is 57.0 Å². The van der Waals surface area contributed by atoms with E-state index in [-0.39, 0.29) is 0 Å². The number of amides is 3. The zero-order chi connectivity index (χ0) is 15.6. The van der Waals surface area contributed by atoms with Crippen molar-refractivity contribution in [3.05, 3.63) is 0 Å². The second-order valence-corrected chi connectivity index (χ2v) is 6.25. The first-order valence-corrected chi connectivity index (χ1v) is 7.47. The Morgan fingerprint density at radius 2 is 1.86 bits per heavy atom. The maximum Gasteiger partial charge on any atom is 0.329 e. The predicted octanol–water partition coefficient (Wildman–Crippen LogP) is 0.679. The molecule has 1 saturated carbocycles. The first-order valence-electron chi connectivity index (χ1n) is 7.47. The number of rotatable bonds is 3. The minimum absolute atomic E-state index is 0.421. The number of carboxylic acid groups (broad SMARTS) is 1. The molecule has 7 nitrogen and oxygen atoms in total. The number of hydrogen-bond acceptors (Lipinski definition) is 3. The van der Waals surface area contributed by atoms with Crippen LogP contribution in [0.15, 0.2) is 0 Å². The van der Waals surface area contributed by atoms with Crippen LogP contribution in [0.4, 0.5) is 4.79 Å². The summed E-state index contributed by atoms with van der Waals surface area (Å²) in [6.07, 6.45) is 3.63. The van der Waals surface area contributed by atoms with E-state index in [1.807, 2.05) is 0 Å². The maximum atomic E-state index is 12.4. The summed E-state index contributed by atoms with van der Waals surface area (Å²) in [7, 11) is 0. The van der Waals surface area contributed by atoms with Crippen molar-refractivity contribution >= 4 is 17.9 Å². The number of primary amides is 1. The van der Waals surface area contributed by atoms with Crippen LogP contribution in [0.25, 0.3) is 0 Å². The van der Waals surface area contributed by atoms with E-state index in [1.54, 1.807) is 0 Å². The minimum Gasteiger partial charge on any atom is -0.480 e. The lowest BCUT2D eigenvalue weighted by Gasteiger charge is -2.38. The lowest BCUT2D eigenvalue weighted by atomic mass is 9.77. The number of carbonyl (C=O) groups excluding carboxylic acids is 2. The van der Waals surface area contributed by atoms with Gasteiger partial charge >= 0.3 is 12.0 Å². The Hall–Kier alpha value is -1.79. The fraction of sp³-hybridized carbons (Fsp3) is 0.786. The van der Waals surface area contributed by atoms with Crippen LogP contribution in [-0.2, 0) is 9.59 Å². The minimum atomic E-state index is -1.21. The van der Waals surface area contributed by atoms with Crippen molar-refractivity contribution in [3.8, 4) is 0 Å². The van der Waals surface area contributed by atoms with E-state index in [1.165, 1.54) is 4.90 Å². The molecule has 1 saturated heterocycles. The molecule has 7 heteroatoms. The average Bonchev–Trinajstić information content (AvgIpc) is 2.91. The number of carbonyl (C=O) groups is 3. The summed E-state index contributed by atoms with van der Waals surface area (Å²) in [5, 5.41) is 12.2. The zero-order valence-corrected chi connectivity index (χ0v) is 12.3. The second-order valence-electron chi connectivity index (χ2n) is 6.25. The molecule has 4 N–H and O–H groups in total. The van der Waals surface area contributed by atoms with Crippen LogP contribution < -0.4 is 11.1 Å². The van der Waals surface area contributed by atoms with Gasteiger partial charge in [-0.3, -0.25) is 4.79 Å². The molecule has 1 aliphatic carbocycles. The molecule has 0 aromatic heterocycles. The molecule has 1 atom stereocenters. The quantitative estimate of drug-likeness (QED) is 0.711. The number of nitrogens with zero attached hydrogens (tertiary/aromatic N) is 1. The van der Waals surface area contributed by atoms with E-state index in [9.17, 15) is 19.5 Å². The van der Waals surface area contributed by atoms with Crippen LogP contribution in [0.1, 0.15) is 45.4 Å². The summed E-state index contributed by atoms with van der Waals surface area (Å²) >= 11 is 0. The van der Waals surface area contributed by atoms with E-state index in [2.05, 4.69) is 12.2 Å². The normalized spacial score (nSPS) is 32.7. The van der Waals surface area contributed by atoms with Crippen LogP contribution in [0.2, 0.25) is 0 Å². The molecule has 1 aliphatic heterocycles. The molecule has 2 rings (SSSR count). The van der Waals surface area contributed by atoms with Gasteiger partial charge in [0.25, 0.3) is 0 Å². The molecule has 0 spiro atoms. The monoisotopic (exact) mass is 297 g/mol. The Kier molecular flexibility index (Phi) is 4.39. The van der Waals surface area contributed by atoms with Crippen molar-refractivity contribution in [3.63, 3.8) is 0 Å². The number of urea groups is 1. The molecule has 2 fully saturated rings.